The van der Waals surface area contributed by atoms with Crippen LogP contribution in [0.25, 0.3) is 0 Å². The number of rotatable bonds is 11. The van der Waals surface area contributed by atoms with Crippen molar-refractivity contribution in [1.82, 2.24) is 4.90 Å². The Morgan fingerprint density at radius 1 is 1.02 bits per heavy atom. The van der Waals surface area contributed by atoms with Gasteiger partial charge in [0.1, 0.15) is 16.5 Å². The monoisotopic (exact) mass is 566 g/mol. The van der Waals surface area contributed by atoms with Crippen molar-refractivity contribution in [1.29, 1.82) is 0 Å². The minimum absolute atomic E-state index is 0.243. The molecule has 40 heavy (non-hydrogen) atoms. The Morgan fingerprint density at radius 2 is 1.77 bits per heavy atom. The highest BCUT2D eigenvalue weighted by atomic mass is 32.1. The van der Waals surface area contributed by atoms with E-state index in [1.54, 1.807) is 44.2 Å². The molecule has 1 aliphatic heterocycles. The zero-order valence-corrected chi connectivity index (χ0v) is 24.7. The van der Waals surface area contributed by atoms with Gasteiger partial charge in [0.05, 0.1) is 38.6 Å². The summed E-state index contributed by atoms with van der Waals surface area (Å²) in [4.78, 5) is 31.2. The molecule has 4 rings (SSSR count). The topological polar surface area (TPSA) is 92.4 Å². The molecule has 2 aromatic carbocycles. The van der Waals surface area contributed by atoms with Gasteiger partial charge in [0.2, 0.25) is 0 Å². The van der Waals surface area contributed by atoms with Crippen LogP contribution in [0, 0.1) is 0 Å². The number of thiophene rings is 1. The van der Waals surface area contributed by atoms with Crippen LogP contribution in [0.3, 0.4) is 0 Å². The highest BCUT2D eigenvalue weighted by Gasteiger charge is 2.30. The highest BCUT2D eigenvalue weighted by molar-refractivity contribution is 7.16. The maximum Gasteiger partial charge on any atom is 0.410 e. The lowest BCUT2D eigenvalue weighted by Crippen LogP contribution is -2.36. The third-order valence-electron chi connectivity index (χ3n) is 6.98. The number of nitrogens with zero attached hydrogens (tertiary/aromatic N) is 2. The largest absolute Gasteiger partial charge is 0.497 e. The molecule has 0 unspecified atom stereocenters. The van der Waals surface area contributed by atoms with E-state index >= 15 is 0 Å². The lowest BCUT2D eigenvalue weighted by molar-refractivity contribution is 0.102. The molecule has 0 spiro atoms. The van der Waals surface area contributed by atoms with Crippen molar-refractivity contribution >= 4 is 39.7 Å². The van der Waals surface area contributed by atoms with Crippen molar-refractivity contribution < 1.29 is 23.8 Å². The summed E-state index contributed by atoms with van der Waals surface area (Å²) >= 11 is 1.51. The van der Waals surface area contributed by atoms with Crippen molar-refractivity contribution in [3.63, 3.8) is 0 Å². The zero-order chi connectivity index (χ0) is 28.6. The SMILES string of the molecule is CCOC(=O)N1CCc2c(sc(NCc3ccc(N(CC)CC)cc3)c2C(=O)Nc2cc(OC)ccc2OC)C1. The Hall–Kier alpha value is -3.92. The first kappa shape index (κ1) is 29.1. The zero-order valence-electron chi connectivity index (χ0n) is 23.8. The maximum atomic E-state index is 13.8. The van der Waals surface area contributed by atoms with E-state index in [0.29, 0.717) is 55.4 Å². The van der Waals surface area contributed by atoms with Crippen LogP contribution < -0.4 is 25.0 Å². The van der Waals surface area contributed by atoms with Gasteiger partial charge in [-0.05, 0) is 62.6 Å². The summed E-state index contributed by atoms with van der Waals surface area (Å²) in [5, 5.41) is 7.30. The van der Waals surface area contributed by atoms with E-state index in [9.17, 15) is 9.59 Å². The fraction of sp³-hybridized carbons (Fsp3) is 0.400. The van der Waals surface area contributed by atoms with E-state index in [4.69, 9.17) is 14.2 Å². The van der Waals surface area contributed by atoms with Crippen LogP contribution in [0.4, 0.5) is 21.2 Å². The lowest BCUT2D eigenvalue weighted by Gasteiger charge is -2.26. The molecule has 2 heterocycles. The average Bonchev–Trinajstić information content (AvgIpc) is 3.35. The number of hydrogen-bond acceptors (Lipinski definition) is 8. The fourth-order valence-electron chi connectivity index (χ4n) is 4.83. The van der Waals surface area contributed by atoms with Gasteiger partial charge in [0.25, 0.3) is 5.91 Å². The Bertz CT molecular complexity index is 1320. The number of nitrogens with one attached hydrogen (secondary N) is 2. The fourth-order valence-corrected chi connectivity index (χ4v) is 6.09. The molecule has 0 aliphatic carbocycles. The normalized spacial score (nSPS) is 12.4. The second kappa shape index (κ2) is 13.4. The summed E-state index contributed by atoms with van der Waals surface area (Å²) in [5.41, 5.74) is 4.36. The molecule has 0 atom stereocenters. The third kappa shape index (κ3) is 6.44. The van der Waals surface area contributed by atoms with E-state index in [-0.39, 0.29) is 12.0 Å². The van der Waals surface area contributed by atoms with Gasteiger partial charge in [0.15, 0.2) is 0 Å². The Kier molecular flexibility index (Phi) is 9.76. The summed E-state index contributed by atoms with van der Waals surface area (Å²) in [6, 6.07) is 13.8. The number of ether oxygens (including phenoxy) is 3. The molecule has 10 heteroatoms. The first-order chi connectivity index (χ1) is 19.4. The molecule has 0 saturated heterocycles. The van der Waals surface area contributed by atoms with Gasteiger partial charge >= 0.3 is 6.09 Å². The molecule has 1 aromatic heterocycles. The Balaban J connectivity index is 1.62. The molecular formula is C30H38N4O5S. The number of methoxy groups -OCH3 is 2. The summed E-state index contributed by atoms with van der Waals surface area (Å²) in [7, 11) is 3.14. The lowest BCUT2D eigenvalue weighted by atomic mass is 10.0. The van der Waals surface area contributed by atoms with Crippen LogP contribution in [0.5, 0.6) is 11.5 Å². The van der Waals surface area contributed by atoms with E-state index in [0.717, 1.165) is 34.1 Å². The van der Waals surface area contributed by atoms with E-state index in [1.165, 1.54) is 17.0 Å². The third-order valence-corrected chi connectivity index (χ3v) is 8.16. The summed E-state index contributed by atoms with van der Waals surface area (Å²) < 4.78 is 16.0. The second-order valence-corrected chi connectivity index (χ2v) is 10.4. The Labute approximate surface area is 240 Å². The van der Waals surface area contributed by atoms with Gasteiger partial charge in [-0.1, -0.05) is 12.1 Å². The predicted octanol–water partition coefficient (Wildman–Crippen LogP) is 5.99. The van der Waals surface area contributed by atoms with Gasteiger partial charge in [0, 0.05) is 42.8 Å². The molecule has 0 radical (unpaired) electrons. The maximum absolute atomic E-state index is 13.8. The van der Waals surface area contributed by atoms with Gasteiger partial charge < -0.3 is 34.6 Å². The molecule has 0 saturated carbocycles. The van der Waals surface area contributed by atoms with Gasteiger partial charge in [-0.15, -0.1) is 11.3 Å². The van der Waals surface area contributed by atoms with Crippen LogP contribution >= 0.6 is 11.3 Å². The minimum atomic E-state index is -0.337. The molecule has 214 valence electrons. The van der Waals surface area contributed by atoms with Crippen LogP contribution in [-0.2, 0) is 24.2 Å². The number of carbonyl (C=O) groups is 2. The van der Waals surface area contributed by atoms with Crippen molar-refractivity contribution in [3.05, 3.63) is 64.0 Å². The molecular weight excluding hydrogens is 528 g/mol. The van der Waals surface area contributed by atoms with Crippen molar-refractivity contribution in [3.8, 4) is 11.5 Å². The average molecular weight is 567 g/mol. The highest BCUT2D eigenvalue weighted by Crippen LogP contribution is 2.39. The number of amides is 2. The molecule has 0 fully saturated rings. The number of carbonyl (C=O) groups excluding carboxylic acids is 2. The van der Waals surface area contributed by atoms with E-state index in [1.807, 2.05) is 0 Å². The summed E-state index contributed by atoms with van der Waals surface area (Å²) in [5.74, 6) is 0.905. The smallest absolute Gasteiger partial charge is 0.410 e. The number of anilines is 3. The van der Waals surface area contributed by atoms with Crippen molar-refractivity contribution in [2.45, 2.75) is 40.3 Å². The molecule has 9 nitrogen and oxygen atoms in total. The van der Waals surface area contributed by atoms with Crippen molar-refractivity contribution in [2.24, 2.45) is 0 Å². The minimum Gasteiger partial charge on any atom is -0.497 e. The van der Waals surface area contributed by atoms with E-state index in [2.05, 4.69) is 53.6 Å². The van der Waals surface area contributed by atoms with Crippen LogP contribution in [0.15, 0.2) is 42.5 Å². The van der Waals surface area contributed by atoms with Crippen LogP contribution in [0.1, 0.15) is 47.1 Å². The quantitative estimate of drug-likeness (QED) is 0.295. The molecule has 2 amide bonds. The number of fused-ring (bicyclic) bond motifs is 1. The number of hydrogen-bond donors (Lipinski definition) is 2. The van der Waals surface area contributed by atoms with E-state index < -0.39 is 0 Å². The summed E-state index contributed by atoms with van der Waals surface area (Å²) in [6.45, 7) is 9.76. The predicted molar refractivity (Wildman–Crippen MR) is 160 cm³/mol. The summed E-state index contributed by atoms with van der Waals surface area (Å²) in [6.07, 6.45) is 0.222. The molecule has 2 N–H and O–H groups in total. The van der Waals surface area contributed by atoms with Gasteiger partial charge in [-0.2, -0.15) is 0 Å². The van der Waals surface area contributed by atoms with Gasteiger partial charge in [-0.3, -0.25) is 4.79 Å². The van der Waals surface area contributed by atoms with Crippen LogP contribution in [0.2, 0.25) is 0 Å². The first-order valence-corrected chi connectivity index (χ1v) is 14.4. The van der Waals surface area contributed by atoms with Gasteiger partial charge in [-0.25, -0.2) is 4.79 Å². The van der Waals surface area contributed by atoms with Crippen molar-refractivity contribution in [2.75, 3.05) is 56.0 Å². The first-order valence-electron chi connectivity index (χ1n) is 13.6. The standard InChI is InChI=1S/C30H38N4O5S/c1-6-33(7-2)21-11-9-20(10-12-21)18-31-29-27(23-15-16-34(19-26(23)40-29)30(36)39-8-3)28(35)32-24-17-22(37-4)13-14-25(24)38-5/h9-14,17,31H,6-8,15-16,18-19H2,1-5H3,(H,32,35). The van der Waals surface area contributed by atoms with Crippen LogP contribution in [-0.4, -0.2) is 57.4 Å². The molecule has 1 aliphatic rings. The Morgan fingerprint density at radius 3 is 2.42 bits per heavy atom. The number of benzene rings is 2. The second-order valence-electron chi connectivity index (χ2n) is 9.29. The molecule has 3 aromatic rings. The molecule has 0 bridgehead atoms.